The van der Waals surface area contributed by atoms with Crippen molar-refractivity contribution >= 4 is 38.9 Å². The van der Waals surface area contributed by atoms with Crippen LogP contribution in [0.4, 0.5) is 0 Å². The molecule has 0 aliphatic heterocycles. The summed E-state index contributed by atoms with van der Waals surface area (Å²) in [4.78, 5) is 3.70. The van der Waals surface area contributed by atoms with Gasteiger partial charge in [-0.3, -0.25) is 4.90 Å². The number of halogens is 2. The van der Waals surface area contributed by atoms with Crippen LogP contribution in [0.1, 0.15) is 16.5 Å². The number of benzene rings is 1. The standard InChI is InChI=1S/C15H18BrClN2S/c1-19(7-6-12-3-2-8-20-12)15(10-18)11-4-5-13(16)14(17)9-11/h2-5,8-9,15H,6-7,10,18H2,1H3. The van der Waals surface area contributed by atoms with Gasteiger partial charge in [-0.05, 0) is 58.5 Å². The first-order valence-corrected chi connectivity index (χ1v) is 8.54. The van der Waals surface area contributed by atoms with E-state index in [1.807, 2.05) is 12.1 Å². The minimum Gasteiger partial charge on any atom is -0.329 e. The Kier molecular flexibility index (Phi) is 6.05. The van der Waals surface area contributed by atoms with E-state index in [0.717, 1.165) is 28.0 Å². The molecular weight excluding hydrogens is 356 g/mol. The molecule has 1 aromatic heterocycles. The first-order valence-electron chi connectivity index (χ1n) is 6.49. The summed E-state index contributed by atoms with van der Waals surface area (Å²) < 4.78 is 0.917. The SMILES string of the molecule is CN(CCc1cccs1)C(CN)c1ccc(Br)c(Cl)c1. The zero-order valence-electron chi connectivity index (χ0n) is 11.4. The van der Waals surface area contributed by atoms with Gasteiger partial charge in [-0.15, -0.1) is 11.3 Å². The first-order chi connectivity index (χ1) is 9.61. The van der Waals surface area contributed by atoms with Gasteiger partial charge in [0.2, 0.25) is 0 Å². The topological polar surface area (TPSA) is 29.3 Å². The molecule has 1 aromatic carbocycles. The van der Waals surface area contributed by atoms with E-state index < -0.39 is 0 Å². The average molecular weight is 374 g/mol. The van der Waals surface area contributed by atoms with E-state index in [1.165, 1.54) is 4.88 Å². The Morgan fingerprint density at radius 3 is 2.80 bits per heavy atom. The molecule has 0 saturated carbocycles. The van der Waals surface area contributed by atoms with Crippen LogP contribution in [0.25, 0.3) is 0 Å². The molecule has 0 fully saturated rings. The minimum absolute atomic E-state index is 0.195. The van der Waals surface area contributed by atoms with Crippen LogP contribution < -0.4 is 5.73 Å². The molecule has 1 unspecified atom stereocenters. The minimum atomic E-state index is 0.195. The predicted octanol–water partition coefficient (Wildman–Crippen LogP) is 4.34. The molecule has 108 valence electrons. The van der Waals surface area contributed by atoms with Crippen LogP contribution in [-0.4, -0.2) is 25.0 Å². The summed E-state index contributed by atoms with van der Waals surface area (Å²) in [6.07, 6.45) is 1.05. The molecule has 2 rings (SSSR count). The lowest BCUT2D eigenvalue weighted by Crippen LogP contribution is -2.32. The summed E-state index contributed by atoms with van der Waals surface area (Å²) in [7, 11) is 2.11. The van der Waals surface area contributed by atoms with Gasteiger partial charge >= 0.3 is 0 Å². The Bertz CT molecular complexity index is 545. The van der Waals surface area contributed by atoms with Crippen molar-refractivity contribution in [3.05, 3.63) is 55.6 Å². The number of thiophene rings is 1. The van der Waals surface area contributed by atoms with Crippen molar-refractivity contribution in [1.29, 1.82) is 0 Å². The predicted molar refractivity (Wildman–Crippen MR) is 91.6 cm³/mol. The van der Waals surface area contributed by atoms with Crippen LogP contribution >= 0.6 is 38.9 Å². The fraction of sp³-hybridized carbons (Fsp3) is 0.333. The van der Waals surface area contributed by atoms with Gasteiger partial charge in [0, 0.05) is 28.5 Å². The molecule has 0 aliphatic carbocycles. The number of nitrogens with zero attached hydrogens (tertiary/aromatic N) is 1. The average Bonchev–Trinajstić information content (AvgIpc) is 2.94. The molecular formula is C15H18BrClN2S. The smallest absolute Gasteiger partial charge is 0.0551 e. The van der Waals surface area contributed by atoms with Crippen molar-refractivity contribution < 1.29 is 0 Å². The molecule has 2 nitrogen and oxygen atoms in total. The van der Waals surface area contributed by atoms with Crippen molar-refractivity contribution in [3.63, 3.8) is 0 Å². The van der Waals surface area contributed by atoms with E-state index in [-0.39, 0.29) is 6.04 Å². The Hall–Kier alpha value is -0.390. The number of hydrogen-bond acceptors (Lipinski definition) is 3. The summed E-state index contributed by atoms with van der Waals surface area (Å²) >= 11 is 11.4. The molecule has 2 aromatic rings. The zero-order chi connectivity index (χ0) is 14.5. The van der Waals surface area contributed by atoms with Gasteiger partial charge in [-0.1, -0.05) is 23.7 Å². The number of likely N-dealkylation sites (N-methyl/N-ethyl adjacent to an activating group) is 1. The van der Waals surface area contributed by atoms with Gasteiger partial charge in [-0.2, -0.15) is 0 Å². The number of hydrogen-bond donors (Lipinski definition) is 1. The molecule has 2 N–H and O–H groups in total. The molecule has 1 heterocycles. The van der Waals surface area contributed by atoms with E-state index in [0.29, 0.717) is 6.54 Å². The summed E-state index contributed by atoms with van der Waals surface area (Å²) in [6.45, 7) is 1.56. The lowest BCUT2D eigenvalue weighted by atomic mass is 10.1. The van der Waals surface area contributed by atoms with E-state index in [1.54, 1.807) is 11.3 Å². The van der Waals surface area contributed by atoms with Crippen LogP contribution in [0.3, 0.4) is 0 Å². The maximum atomic E-state index is 6.17. The maximum Gasteiger partial charge on any atom is 0.0551 e. The Labute approximate surface area is 137 Å². The first kappa shape index (κ1) is 16.0. The van der Waals surface area contributed by atoms with E-state index in [2.05, 4.69) is 51.5 Å². The van der Waals surface area contributed by atoms with Gasteiger partial charge < -0.3 is 5.73 Å². The van der Waals surface area contributed by atoms with Crippen molar-refractivity contribution in [2.45, 2.75) is 12.5 Å². The Morgan fingerprint density at radius 2 is 2.20 bits per heavy atom. The molecule has 5 heteroatoms. The molecule has 20 heavy (non-hydrogen) atoms. The highest BCUT2D eigenvalue weighted by molar-refractivity contribution is 9.10. The largest absolute Gasteiger partial charge is 0.329 e. The molecule has 0 radical (unpaired) electrons. The third-order valence-corrected chi connectivity index (χ3v) is 5.54. The van der Waals surface area contributed by atoms with Crippen LogP contribution in [0, 0.1) is 0 Å². The van der Waals surface area contributed by atoms with Crippen LogP contribution in [-0.2, 0) is 6.42 Å². The van der Waals surface area contributed by atoms with Crippen molar-refractivity contribution in [2.24, 2.45) is 5.73 Å². The summed E-state index contributed by atoms with van der Waals surface area (Å²) in [5.41, 5.74) is 7.11. The highest BCUT2D eigenvalue weighted by Gasteiger charge is 2.16. The fourth-order valence-electron chi connectivity index (χ4n) is 2.19. The molecule has 0 amide bonds. The number of nitrogens with two attached hydrogens (primary N) is 1. The van der Waals surface area contributed by atoms with Gasteiger partial charge in [-0.25, -0.2) is 0 Å². The summed E-state index contributed by atoms with van der Waals surface area (Å²) in [5, 5.41) is 2.84. The van der Waals surface area contributed by atoms with Crippen LogP contribution in [0.2, 0.25) is 5.02 Å². The van der Waals surface area contributed by atoms with Gasteiger partial charge in [0.05, 0.1) is 5.02 Å². The third kappa shape index (κ3) is 4.06. The molecule has 0 saturated heterocycles. The number of rotatable bonds is 6. The van der Waals surface area contributed by atoms with Gasteiger partial charge in [0.25, 0.3) is 0 Å². The van der Waals surface area contributed by atoms with E-state index >= 15 is 0 Å². The second-order valence-electron chi connectivity index (χ2n) is 4.74. The zero-order valence-corrected chi connectivity index (χ0v) is 14.5. The van der Waals surface area contributed by atoms with E-state index in [4.69, 9.17) is 17.3 Å². The second kappa shape index (κ2) is 7.57. The monoisotopic (exact) mass is 372 g/mol. The summed E-state index contributed by atoms with van der Waals surface area (Å²) in [6, 6.07) is 10.5. The molecule has 0 aliphatic rings. The lowest BCUT2D eigenvalue weighted by molar-refractivity contribution is 0.254. The van der Waals surface area contributed by atoms with Crippen LogP contribution in [0.5, 0.6) is 0 Å². The second-order valence-corrected chi connectivity index (χ2v) is 7.03. The van der Waals surface area contributed by atoms with Gasteiger partial charge in [0.15, 0.2) is 0 Å². The van der Waals surface area contributed by atoms with Crippen molar-refractivity contribution in [2.75, 3.05) is 20.1 Å². The fourth-order valence-corrected chi connectivity index (χ4v) is 3.32. The Morgan fingerprint density at radius 1 is 1.40 bits per heavy atom. The molecule has 1 atom stereocenters. The van der Waals surface area contributed by atoms with Crippen molar-refractivity contribution in [1.82, 2.24) is 4.90 Å². The maximum absolute atomic E-state index is 6.17. The lowest BCUT2D eigenvalue weighted by Gasteiger charge is -2.27. The van der Waals surface area contributed by atoms with Crippen LogP contribution in [0.15, 0.2) is 40.2 Å². The molecule has 0 spiro atoms. The van der Waals surface area contributed by atoms with E-state index in [9.17, 15) is 0 Å². The Balaban J connectivity index is 2.04. The molecule has 0 bridgehead atoms. The van der Waals surface area contributed by atoms with Crippen molar-refractivity contribution in [3.8, 4) is 0 Å². The normalized spacial score (nSPS) is 12.8. The quantitative estimate of drug-likeness (QED) is 0.816. The third-order valence-electron chi connectivity index (χ3n) is 3.37. The summed E-state index contributed by atoms with van der Waals surface area (Å²) in [5.74, 6) is 0. The highest BCUT2D eigenvalue weighted by Crippen LogP contribution is 2.28. The highest BCUT2D eigenvalue weighted by atomic mass is 79.9. The van der Waals surface area contributed by atoms with Gasteiger partial charge in [0.1, 0.15) is 0 Å².